The molecule has 19 heavy (non-hydrogen) atoms. The maximum atomic E-state index is 4.12. The second-order valence-electron chi connectivity index (χ2n) is 5.12. The van der Waals surface area contributed by atoms with Gasteiger partial charge in [0.05, 0.1) is 0 Å². The van der Waals surface area contributed by atoms with Crippen LogP contribution in [-0.2, 0) is 6.54 Å². The molecule has 0 N–H and O–H groups in total. The van der Waals surface area contributed by atoms with E-state index < -0.39 is 0 Å². The summed E-state index contributed by atoms with van der Waals surface area (Å²) in [5.41, 5.74) is 3.74. The van der Waals surface area contributed by atoms with Crippen LogP contribution in [0.5, 0.6) is 0 Å². The number of hydrogen-bond acceptors (Lipinski definition) is 3. The van der Waals surface area contributed by atoms with Crippen molar-refractivity contribution in [1.82, 2.24) is 14.9 Å². The zero-order valence-electron chi connectivity index (χ0n) is 11.1. The van der Waals surface area contributed by atoms with Crippen molar-refractivity contribution >= 4 is 0 Å². The van der Waals surface area contributed by atoms with E-state index in [0.717, 1.165) is 12.1 Å². The second kappa shape index (κ2) is 5.93. The van der Waals surface area contributed by atoms with Gasteiger partial charge in [0, 0.05) is 24.5 Å². The molecule has 0 amide bonds. The van der Waals surface area contributed by atoms with Gasteiger partial charge in [0.2, 0.25) is 0 Å². The molecule has 1 saturated heterocycles. The van der Waals surface area contributed by atoms with Gasteiger partial charge in [-0.1, -0.05) is 30.7 Å². The number of benzene rings is 1. The van der Waals surface area contributed by atoms with Crippen LogP contribution < -0.4 is 0 Å². The third-order valence-corrected chi connectivity index (χ3v) is 3.73. The summed E-state index contributed by atoms with van der Waals surface area (Å²) >= 11 is 0. The quantitative estimate of drug-likeness (QED) is 0.841. The molecule has 2 heterocycles. The summed E-state index contributed by atoms with van der Waals surface area (Å²) in [6.07, 6.45) is 9.40. The number of piperidine rings is 1. The molecule has 98 valence electrons. The van der Waals surface area contributed by atoms with Gasteiger partial charge in [-0.05, 0) is 37.1 Å². The van der Waals surface area contributed by atoms with E-state index >= 15 is 0 Å². The first-order chi connectivity index (χ1) is 9.43. The number of aromatic nitrogens is 2. The highest BCUT2D eigenvalue weighted by molar-refractivity contribution is 5.65. The average molecular weight is 253 g/mol. The number of rotatable bonds is 3. The third kappa shape index (κ3) is 2.99. The Morgan fingerprint density at radius 2 is 1.68 bits per heavy atom. The van der Waals surface area contributed by atoms with Crippen molar-refractivity contribution in [2.75, 3.05) is 13.1 Å². The van der Waals surface area contributed by atoms with Gasteiger partial charge in [0.15, 0.2) is 0 Å². The zero-order chi connectivity index (χ0) is 12.9. The van der Waals surface area contributed by atoms with Crippen molar-refractivity contribution in [1.29, 1.82) is 0 Å². The Morgan fingerprint density at radius 3 is 2.47 bits per heavy atom. The van der Waals surface area contributed by atoms with Crippen molar-refractivity contribution in [2.24, 2.45) is 0 Å². The monoisotopic (exact) mass is 253 g/mol. The Kier molecular flexibility index (Phi) is 3.84. The number of likely N-dealkylation sites (tertiary alicyclic amines) is 1. The van der Waals surface area contributed by atoms with Gasteiger partial charge in [0.1, 0.15) is 6.33 Å². The molecular formula is C16H19N3. The lowest BCUT2D eigenvalue weighted by atomic mass is 10.0. The van der Waals surface area contributed by atoms with E-state index in [0.29, 0.717) is 0 Å². The van der Waals surface area contributed by atoms with Crippen LogP contribution in [0.25, 0.3) is 11.1 Å². The molecule has 0 bridgehead atoms. The summed E-state index contributed by atoms with van der Waals surface area (Å²) in [5, 5.41) is 0. The summed E-state index contributed by atoms with van der Waals surface area (Å²) in [4.78, 5) is 10.8. The molecular weight excluding hydrogens is 234 g/mol. The fourth-order valence-corrected chi connectivity index (χ4v) is 2.74. The third-order valence-electron chi connectivity index (χ3n) is 3.73. The van der Waals surface area contributed by atoms with E-state index in [9.17, 15) is 0 Å². The summed E-state index contributed by atoms with van der Waals surface area (Å²) in [6, 6.07) is 8.59. The molecule has 0 saturated carbocycles. The highest BCUT2D eigenvalue weighted by Gasteiger charge is 2.13. The van der Waals surface area contributed by atoms with Crippen molar-refractivity contribution in [3.8, 4) is 11.1 Å². The second-order valence-corrected chi connectivity index (χ2v) is 5.12. The van der Waals surface area contributed by atoms with Gasteiger partial charge < -0.3 is 0 Å². The van der Waals surface area contributed by atoms with E-state index in [1.54, 1.807) is 6.33 Å². The van der Waals surface area contributed by atoms with Crippen LogP contribution in [0, 0.1) is 0 Å². The molecule has 1 aliphatic rings. The standard InChI is InChI=1S/C16H19N3/c1-4-8-19(9-5-1)12-14-6-2-3-7-16(14)15-10-17-13-18-11-15/h2-3,6-7,10-11,13H,1,4-5,8-9,12H2. The van der Waals surface area contributed by atoms with Gasteiger partial charge in [0.25, 0.3) is 0 Å². The molecule has 0 aliphatic carbocycles. The lowest BCUT2D eigenvalue weighted by Gasteiger charge is -2.27. The zero-order valence-corrected chi connectivity index (χ0v) is 11.1. The lowest BCUT2D eigenvalue weighted by Crippen LogP contribution is -2.29. The van der Waals surface area contributed by atoms with E-state index in [1.807, 2.05) is 12.4 Å². The van der Waals surface area contributed by atoms with Crippen LogP contribution in [-0.4, -0.2) is 28.0 Å². The van der Waals surface area contributed by atoms with Gasteiger partial charge in [-0.25, -0.2) is 9.97 Å². The molecule has 3 nitrogen and oxygen atoms in total. The van der Waals surface area contributed by atoms with E-state index in [1.165, 1.54) is 43.5 Å². The normalized spacial score (nSPS) is 16.4. The Labute approximate surface area is 114 Å². The smallest absolute Gasteiger partial charge is 0.115 e. The summed E-state index contributed by atoms with van der Waals surface area (Å²) in [7, 11) is 0. The topological polar surface area (TPSA) is 29.0 Å². The highest BCUT2D eigenvalue weighted by atomic mass is 15.1. The molecule has 3 rings (SSSR count). The van der Waals surface area contributed by atoms with Gasteiger partial charge in [-0.15, -0.1) is 0 Å². The molecule has 0 atom stereocenters. The Balaban J connectivity index is 1.85. The molecule has 0 unspecified atom stereocenters. The van der Waals surface area contributed by atoms with Gasteiger partial charge in [-0.2, -0.15) is 0 Å². The fraction of sp³-hybridized carbons (Fsp3) is 0.375. The predicted molar refractivity (Wildman–Crippen MR) is 76.6 cm³/mol. The van der Waals surface area contributed by atoms with Gasteiger partial charge >= 0.3 is 0 Å². The molecule has 2 aromatic rings. The van der Waals surface area contributed by atoms with E-state index in [2.05, 4.69) is 39.1 Å². The number of hydrogen-bond donors (Lipinski definition) is 0. The summed E-state index contributed by atoms with van der Waals surface area (Å²) in [5.74, 6) is 0. The Morgan fingerprint density at radius 1 is 0.947 bits per heavy atom. The van der Waals surface area contributed by atoms with E-state index in [-0.39, 0.29) is 0 Å². The minimum absolute atomic E-state index is 1.03. The van der Waals surface area contributed by atoms with E-state index in [4.69, 9.17) is 0 Å². The van der Waals surface area contributed by atoms with Crippen LogP contribution in [0.2, 0.25) is 0 Å². The predicted octanol–water partition coefficient (Wildman–Crippen LogP) is 3.13. The van der Waals surface area contributed by atoms with Crippen LogP contribution in [0.1, 0.15) is 24.8 Å². The molecule has 1 fully saturated rings. The van der Waals surface area contributed by atoms with Crippen molar-refractivity contribution in [3.05, 3.63) is 48.5 Å². The first-order valence-electron chi connectivity index (χ1n) is 6.99. The van der Waals surface area contributed by atoms with Crippen LogP contribution >= 0.6 is 0 Å². The highest BCUT2D eigenvalue weighted by Crippen LogP contribution is 2.24. The van der Waals surface area contributed by atoms with Crippen molar-refractivity contribution < 1.29 is 0 Å². The van der Waals surface area contributed by atoms with Crippen molar-refractivity contribution in [2.45, 2.75) is 25.8 Å². The Hall–Kier alpha value is -1.74. The maximum Gasteiger partial charge on any atom is 0.115 e. The summed E-state index contributed by atoms with van der Waals surface area (Å²) < 4.78 is 0. The molecule has 0 spiro atoms. The molecule has 3 heteroatoms. The molecule has 1 aromatic carbocycles. The minimum Gasteiger partial charge on any atom is -0.299 e. The average Bonchev–Trinajstić information content (AvgIpc) is 2.50. The van der Waals surface area contributed by atoms with Crippen molar-refractivity contribution in [3.63, 3.8) is 0 Å². The van der Waals surface area contributed by atoms with Crippen LogP contribution in [0.15, 0.2) is 43.0 Å². The minimum atomic E-state index is 1.03. The van der Waals surface area contributed by atoms with Crippen LogP contribution in [0.4, 0.5) is 0 Å². The molecule has 0 radical (unpaired) electrons. The Bertz CT molecular complexity index is 519. The van der Waals surface area contributed by atoms with Gasteiger partial charge in [-0.3, -0.25) is 4.90 Å². The first kappa shape index (κ1) is 12.3. The maximum absolute atomic E-state index is 4.12. The fourth-order valence-electron chi connectivity index (χ4n) is 2.74. The SMILES string of the molecule is c1ccc(-c2cncnc2)c(CN2CCCCC2)c1. The largest absolute Gasteiger partial charge is 0.299 e. The first-order valence-corrected chi connectivity index (χ1v) is 6.99. The van der Waals surface area contributed by atoms with Crippen LogP contribution in [0.3, 0.4) is 0 Å². The molecule has 1 aromatic heterocycles. The number of nitrogens with zero attached hydrogens (tertiary/aromatic N) is 3. The lowest BCUT2D eigenvalue weighted by molar-refractivity contribution is 0.221. The molecule has 1 aliphatic heterocycles. The summed E-state index contributed by atoms with van der Waals surface area (Å²) in [6.45, 7) is 3.48.